The molecule has 14 heteroatoms. The molecule has 0 radical (unpaired) electrons. The Morgan fingerprint density at radius 2 is 1.36 bits per heavy atom. The lowest BCUT2D eigenvalue weighted by atomic mass is 10.2. The predicted molar refractivity (Wildman–Crippen MR) is 141 cm³/mol. The molecule has 12 nitrogen and oxygen atoms in total. The summed E-state index contributed by atoms with van der Waals surface area (Å²) in [6.45, 7) is 0.977. The number of amides is 2. The van der Waals surface area contributed by atoms with Gasteiger partial charge in [0.25, 0.3) is 21.8 Å². The molecule has 1 aliphatic rings. The van der Waals surface area contributed by atoms with Gasteiger partial charge in [0.05, 0.1) is 35.8 Å². The van der Waals surface area contributed by atoms with Gasteiger partial charge in [-0.25, -0.2) is 16.8 Å². The average molecular weight is 575 g/mol. The second-order valence-electron chi connectivity index (χ2n) is 8.29. The fourth-order valence-corrected chi connectivity index (χ4v) is 6.30. The number of nitrogens with one attached hydrogen (secondary N) is 3. The summed E-state index contributed by atoms with van der Waals surface area (Å²) in [6, 6.07) is 17.1. The normalized spacial score (nSPS) is 14.3. The summed E-state index contributed by atoms with van der Waals surface area (Å²) in [6.07, 6.45) is 0. The maximum atomic E-state index is 12.9. The minimum atomic E-state index is -4.07. The molecule has 2 amide bonds. The fraction of sp³-hybridized carbons (Fsp3) is 0.200. The number of nitrogens with zero attached hydrogens (tertiary/aromatic N) is 1. The molecule has 0 bridgehead atoms. The van der Waals surface area contributed by atoms with E-state index >= 15 is 0 Å². The quantitative estimate of drug-likeness (QED) is 0.342. The van der Waals surface area contributed by atoms with Gasteiger partial charge in [0, 0.05) is 24.2 Å². The Labute approximate surface area is 226 Å². The van der Waals surface area contributed by atoms with Gasteiger partial charge in [0.2, 0.25) is 10.0 Å². The number of hydrogen-bond donors (Lipinski definition) is 3. The molecule has 3 N–H and O–H groups in total. The van der Waals surface area contributed by atoms with Gasteiger partial charge in [-0.2, -0.15) is 4.31 Å². The molecule has 206 valence electrons. The van der Waals surface area contributed by atoms with E-state index in [2.05, 4.69) is 15.6 Å². The molecule has 0 atom stereocenters. The highest BCUT2D eigenvalue weighted by Gasteiger charge is 2.27. The van der Waals surface area contributed by atoms with Gasteiger partial charge >= 0.3 is 0 Å². The first-order valence-electron chi connectivity index (χ1n) is 11.7. The maximum absolute atomic E-state index is 12.9. The van der Waals surface area contributed by atoms with Gasteiger partial charge in [0.15, 0.2) is 0 Å². The highest BCUT2D eigenvalue weighted by atomic mass is 32.2. The van der Waals surface area contributed by atoms with Crippen molar-refractivity contribution in [2.75, 3.05) is 38.1 Å². The van der Waals surface area contributed by atoms with Crippen LogP contribution in [0.3, 0.4) is 0 Å². The molecule has 0 aliphatic carbocycles. The summed E-state index contributed by atoms with van der Waals surface area (Å²) in [4.78, 5) is 25.1. The Kier molecular flexibility index (Phi) is 8.50. The summed E-state index contributed by atoms with van der Waals surface area (Å²) < 4.78 is 65.6. The number of hydrazine groups is 1. The van der Waals surface area contributed by atoms with Gasteiger partial charge in [-0.15, -0.1) is 0 Å². The number of sulfonamides is 2. The maximum Gasteiger partial charge on any atom is 0.269 e. The van der Waals surface area contributed by atoms with Crippen molar-refractivity contribution in [1.29, 1.82) is 0 Å². The Morgan fingerprint density at radius 1 is 0.795 bits per heavy atom. The van der Waals surface area contributed by atoms with Crippen LogP contribution in [0.5, 0.6) is 5.75 Å². The van der Waals surface area contributed by atoms with Crippen LogP contribution in [0.25, 0.3) is 0 Å². The van der Waals surface area contributed by atoms with E-state index in [1.165, 1.54) is 59.9 Å². The molecule has 3 aromatic carbocycles. The molecule has 4 rings (SSSR count). The zero-order chi connectivity index (χ0) is 28.0. The molecular formula is C25H26N4O8S2. The number of para-hydroxylation sites is 2. The van der Waals surface area contributed by atoms with Crippen LogP contribution in [0.4, 0.5) is 5.69 Å². The third kappa shape index (κ3) is 6.54. The number of hydrogen-bond acceptors (Lipinski definition) is 8. The van der Waals surface area contributed by atoms with E-state index in [9.17, 15) is 26.4 Å². The Bertz CT molecular complexity index is 1590. The molecule has 39 heavy (non-hydrogen) atoms. The molecule has 1 aliphatic heterocycles. The Balaban J connectivity index is 1.43. The number of ether oxygens (including phenoxy) is 2. The van der Waals surface area contributed by atoms with Crippen molar-refractivity contribution in [3.8, 4) is 5.75 Å². The van der Waals surface area contributed by atoms with Crippen molar-refractivity contribution < 1.29 is 35.9 Å². The lowest BCUT2D eigenvalue weighted by Crippen LogP contribution is -2.42. The van der Waals surface area contributed by atoms with Crippen LogP contribution < -0.4 is 20.3 Å². The summed E-state index contributed by atoms with van der Waals surface area (Å²) >= 11 is 0. The van der Waals surface area contributed by atoms with E-state index in [-0.39, 0.29) is 52.9 Å². The van der Waals surface area contributed by atoms with Gasteiger partial charge in [0.1, 0.15) is 5.75 Å². The molecule has 0 unspecified atom stereocenters. The molecule has 0 aromatic heterocycles. The van der Waals surface area contributed by atoms with E-state index in [1.807, 2.05) is 0 Å². The summed E-state index contributed by atoms with van der Waals surface area (Å²) in [7, 11) is -6.48. The van der Waals surface area contributed by atoms with Crippen molar-refractivity contribution in [3.05, 3.63) is 83.9 Å². The highest BCUT2D eigenvalue weighted by molar-refractivity contribution is 7.92. The predicted octanol–water partition coefficient (Wildman–Crippen LogP) is 1.59. The van der Waals surface area contributed by atoms with E-state index < -0.39 is 31.9 Å². The van der Waals surface area contributed by atoms with Gasteiger partial charge < -0.3 is 9.47 Å². The number of carbonyl (C=O) groups excluding carboxylic acids is 2. The third-order valence-electron chi connectivity index (χ3n) is 5.75. The molecule has 0 saturated carbocycles. The average Bonchev–Trinajstić information content (AvgIpc) is 2.96. The van der Waals surface area contributed by atoms with E-state index in [0.717, 1.165) is 6.07 Å². The Morgan fingerprint density at radius 3 is 1.97 bits per heavy atom. The molecule has 1 heterocycles. The zero-order valence-electron chi connectivity index (χ0n) is 20.8. The Hall–Kier alpha value is -3.98. The van der Waals surface area contributed by atoms with Crippen LogP contribution in [-0.4, -0.2) is 66.4 Å². The smallest absolute Gasteiger partial charge is 0.269 e. The molecule has 1 saturated heterocycles. The SMILES string of the molecule is COc1ccccc1NS(=O)(=O)c1cccc(C(=O)NNC(=O)c2cccc(S(=O)(=O)N3CCOCC3)c2)c1. The van der Waals surface area contributed by atoms with E-state index in [4.69, 9.17) is 9.47 Å². The van der Waals surface area contributed by atoms with Crippen LogP contribution in [0, 0.1) is 0 Å². The lowest BCUT2D eigenvalue weighted by molar-refractivity contribution is 0.0730. The third-order valence-corrected chi connectivity index (χ3v) is 9.01. The fourth-order valence-electron chi connectivity index (χ4n) is 3.73. The number of anilines is 1. The number of benzene rings is 3. The zero-order valence-corrected chi connectivity index (χ0v) is 22.4. The first-order valence-corrected chi connectivity index (χ1v) is 14.6. The highest BCUT2D eigenvalue weighted by Crippen LogP contribution is 2.26. The van der Waals surface area contributed by atoms with E-state index in [0.29, 0.717) is 5.75 Å². The van der Waals surface area contributed by atoms with Crippen LogP contribution in [0.1, 0.15) is 20.7 Å². The first-order chi connectivity index (χ1) is 18.6. The minimum Gasteiger partial charge on any atom is -0.495 e. The molecule has 1 fully saturated rings. The van der Waals surface area contributed by atoms with Crippen LogP contribution in [0.2, 0.25) is 0 Å². The van der Waals surface area contributed by atoms with Crippen LogP contribution in [0.15, 0.2) is 82.6 Å². The number of carbonyl (C=O) groups is 2. The van der Waals surface area contributed by atoms with Crippen molar-refractivity contribution in [2.45, 2.75) is 9.79 Å². The van der Waals surface area contributed by atoms with Crippen LogP contribution >= 0.6 is 0 Å². The molecule has 0 spiro atoms. The summed E-state index contributed by atoms with van der Waals surface area (Å²) in [5.41, 5.74) is 4.62. The van der Waals surface area contributed by atoms with Gasteiger partial charge in [-0.05, 0) is 48.5 Å². The van der Waals surface area contributed by atoms with Gasteiger partial charge in [-0.3, -0.25) is 25.2 Å². The minimum absolute atomic E-state index is 0.00183. The van der Waals surface area contributed by atoms with Gasteiger partial charge in [-0.1, -0.05) is 24.3 Å². The van der Waals surface area contributed by atoms with E-state index in [1.54, 1.807) is 18.2 Å². The topological polar surface area (TPSA) is 160 Å². The summed E-state index contributed by atoms with van der Waals surface area (Å²) in [5.74, 6) is -1.22. The second-order valence-corrected chi connectivity index (χ2v) is 11.9. The van der Waals surface area contributed by atoms with Crippen LogP contribution in [-0.2, 0) is 24.8 Å². The molecular weight excluding hydrogens is 548 g/mol. The standard InChI is InChI=1S/C25H26N4O8S2/c1-36-23-11-3-2-10-22(23)28-38(32,33)20-8-4-6-18(16-20)24(30)26-27-25(31)19-7-5-9-21(17-19)39(34,35)29-12-14-37-15-13-29/h2-11,16-17,28H,12-15H2,1H3,(H,26,30)(H,27,31). The second kappa shape index (κ2) is 11.8. The summed E-state index contributed by atoms with van der Waals surface area (Å²) in [5, 5.41) is 0. The van der Waals surface area contributed by atoms with Crippen molar-refractivity contribution in [3.63, 3.8) is 0 Å². The van der Waals surface area contributed by atoms with Crippen molar-refractivity contribution in [1.82, 2.24) is 15.2 Å². The van der Waals surface area contributed by atoms with Crippen molar-refractivity contribution >= 4 is 37.5 Å². The number of methoxy groups -OCH3 is 1. The number of rotatable bonds is 8. The lowest BCUT2D eigenvalue weighted by Gasteiger charge is -2.26. The number of morpholine rings is 1. The monoisotopic (exact) mass is 574 g/mol. The first kappa shape index (κ1) is 28.0. The largest absolute Gasteiger partial charge is 0.495 e. The van der Waals surface area contributed by atoms with Crippen molar-refractivity contribution in [2.24, 2.45) is 0 Å². The molecule has 3 aromatic rings.